The first-order chi connectivity index (χ1) is 42.4. The second kappa shape index (κ2) is 33.1. The molecular weight excluding hydrogens is 1140 g/mol. The van der Waals surface area contributed by atoms with Crippen molar-refractivity contribution in [3.05, 3.63) is 101 Å². The fourth-order valence-corrected chi connectivity index (χ4v) is 9.89. The molecule has 3 aromatic rings. The van der Waals surface area contributed by atoms with Gasteiger partial charge in [0.25, 0.3) is 11.8 Å². The van der Waals surface area contributed by atoms with E-state index < -0.39 is 54.1 Å². The van der Waals surface area contributed by atoms with Crippen molar-refractivity contribution >= 4 is 64.8 Å². The second-order valence-corrected chi connectivity index (χ2v) is 21.5. The van der Waals surface area contributed by atoms with Gasteiger partial charge in [0.1, 0.15) is 18.7 Å². The van der Waals surface area contributed by atoms with Crippen molar-refractivity contribution in [2.75, 3.05) is 97.0 Å². The zero-order valence-electron chi connectivity index (χ0n) is 51.3. The van der Waals surface area contributed by atoms with E-state index in [1.165, 1.54) is 38.2 Å². The average molecular weight is 1220 g/mol. The lowest BCUT2D eigenvalue weighted by molar-refractivity contribution is -0.132. The standard InChI is InChI=1S/C63H82N8O17/c1-9-12-43-30-50-62(78)71(49-34-54(52(81-8)32-47(49)61(77)70(50)37-43)87-20-11-19-86-53-33-48-46(31-51(53)80-7)60(76)69-36-40(5)29-45(69)35-65-48)63(79)88-38-42-13-15-44(16-14-42)67-58(74)41(6)66-59(75)57(39(3)4)68-56(73)17-21-82-23-25-84-27-28-85-26-24-83-22-18-64-55(72)10-2/h9,12-16,31-37,39,41,45,50,57,62,78H,10-11,17-30,38H2,1-8H3,(H,64,72)(H,66,75)(H,67,74)(H,68,73)/b12-9+/t41-,45-,50-,57-,62-/m0/s1. The summed E-state index contributed by atoms with van der Waals surface area (Å²) in [6, 6.07) is 9.71. The number of methoxy groups -OCH3 is 2. The minimum Gasteiger partial charge on any atom is -0.493 e. The summed E-state index contributed by atoms with van der Waals surface area (Å²) in [6.45, 7) is 13.7. The molecule has 0 aromatic heterocycles. The van der Waals surface area contributed by atoms with E-state index in [9.17, 15) is 38.7 Å². The second-order valence-electron chi connectivity index (χ2n) is 21.5. The summed E-state index contributed by atoms with van der Waals surface area (Å²) in [7, 11) is 2.91. The van der Waals surface area contributed by atoms with E-state index in [-0.39, 0.29) is 92.4 Å². The number of amides is 7. The zero-order valence-corrected chi connectivity index (χ0v) is 51.3. The molecule has 0 bridgehead atoms. The molecule has 25 heteroatoms. The molecule has 4 heterocycles. The number of carbonyl (C=O) groups excluding carboxylic acids is 7. The van der Waals surface area contributed by atoms with Crippen LogP contribution in [0.1, 0.15) is 99.9 Å². The van der Waals surface area contributed by atoms with E-state index in [0.717, 1.165) is 16.0 Å². The van der Waals surface area contributed by atoms with Gasteiger partial charge in [-0.1, -0.05) is 50.6 Å². The van der Waals surface area contributed by atoms with Crippen molar-refractivity contribution in [1.82, 2.24) is 25.8 Å². The first-order valence-electron chi connectivity index (χ1n) is 29.6. The molecule has 0 aliphatic carbocycles. The topological polar surface area (TPSA) is 293 Å². The Morgan fingerprint density at radius 1 is 0.727 bits per heavy atom. The highest BCUT2D eigenvalue weighted by molar-refractivity contribution is 6.07. The van der Waals surface area contributed by atoms with E-state index in [4.69, 9.17) is 42.6 Å². The number of hydrogen-bond donors (Lipinski definition) is 5. The Morgan fingerprint density at radius 2 is 1.35 bits per heavy atom. The van der Waals surface area contributed by atoms with Crippen LogP contribution in [0.4, 0.5) is 21.9 Å². The number of benzene rings is 3. The minimum absolute atomic E-state index is 0.00149. The number of rotatable bonds is 33. The van der Waals surface area contributed by atoms with Gasteiger partial charge >= 0.3 is 6.09 Å². The quantitative estimate of drug-likeness (QED) is 0.0430. The lowest BCUT2D eigenvalue weighted by Gasteiger charge is -2.31. The number of aliphatic imine (C=N–C) groups is 1. The maximum atomic E-state index is 14.4. The van der Waals surface area contributed by atoms with Crippen LogP contribution in [0.5, 0.6) is 23.0 Å². The molecule has 7 rings (SSSR count). The van der Waals surface area contributed by atoms with Gasteiger partial charge in [0.05, 0.1) is 115 Å². The molecule has 0 saturated carbocycles. The largest absolute Gasteiger partial charge is 0.493 e. The Balaban J connectivity index is 0.884. The summed E-state index contributed by atoms with van der Waals surface area (Å²) in [6.07, 6.45) is 8.09. The number of ether oxygens (including phenoxy) is 9. The van der Waals surface area contributed by atoms with E-state index in [1.54, 1.807) is 74.5 Å². The number of aliphatic hydroxyl groups is 1. The molecule has 0 spiro atoms. The molecule has 4 aliphatic heterocycles. The van der Waals surface area contributed by atoms with Crippen LogP contribution in [-0.2, 0) is 49.5 Å². The Morgan fingerprint density at radius 3 is 1.99 bits per heavy atom. The first-order valence-corrected chi connectivity index (χ1v) is 29.6. The predicted octanol–water partition coefficient (Wildman–Crippen LogP) is 6.10. The van der Waals surface area contributed by atoms with Crippen LogP contribution >= 0.6 is 0 Å². The van der Waals surface area contributed by atoms with Crippen LogP contribution in [0, 0.1) is 5.92 Å². The fourth-order valence-electron chi connectivity index (χ4n) is 9.89. The third kappa shape index (κ3) is 18.1. The van der Waals surface area contributed by atoms with Crippen molar-refractivity contribution in [3.63, 3.8) is 0 Å². The van der Waals surface area contributed by atoms with Gasteiger partial charge in [-0.2, -0.15) is 0 Å². The number of anilines is 2. The molecule has 88 heavy (non-hydrogen) atoms. The third-order valence-corrected chi connectivity index (χ3v) is 14.6. The maximum Gasteiger partial charge on any atom is 0.416 e. The molecule has 7 amide bonds. The number of nitrogens with zero attached hydrogens (tertiary/aromatic N) is 4. The number of nitrogens with one attached hydrogen (secondary N) is 4. The van der Waals surface area contributed by atoms with Crippen molar-refractivity contribution in [2.45, 2.75) is 111 Å². The molecule has 0 radical (unpaired) electrons. The fraction of sp³-hybridized carbons (Fsp3) is 0.492. The third-order valence-electron chi connectivity index (χ3n) is 14.6. The summed E-state index contributed by atoms with van der Waals surface area (Å²) in [5.41, 5.74) is 3.68. The molecule has 0 fully saturated rings. The molecule has 5 N–H and O–H groups in total. The minimum atomic E-state index is -1.57. The number of aliphatic hydroxyl groups excluding tert-OH is 1. The van der Waals surface area contributed by atoms with E-state index in [2.05, 4.69) is 26.3 Å². The van der Waals surface area contributed by atoms with Gasteiger partial charge in [-0.3, -0.25) is 33.8 Å². The van der Waals surface area contributed by atoms with E-state index >= 15 is 0 Å². The van der Waals surface area contributed by atoms with Gasteiger partial charge < -0.3 is 78.8 Å². The number of carbonyl (C=O) groups is 7. The lowest BCUT2D eigenvalue weighted by Crippen LogP contribution is -2.53. The summed E-state index contributed by atoms with van der Waals surface area (Å²) in [5, 5.41) is 23.0. The first kappa shape index (κ1) is 67.2. The zero-order chi connectivity index (χ0) is 63.3. The Labute approximate surface area is 512 Å². The van der Waals surface area contributed by atoms with Crippen LogP contribution in [0.25, 0.3) is 0 Å². The van der Waals surface area contributed by atoms with Gasteiger partial charge in [0.2, 0.25) is 23.6 Å². The number of fused-ring (bicyclic) bond motifs is 4. The molecule has 5 atom stereocenters. The van der Waals surface area contributed by atoms with Crippen molar-refractivity contribution in [1.29, 1.82) is 0 Å². The molecule has 4 aliphatic rings. The van der Waals surface area contributed by atoms with Crippen molar-refractivity contribution in [3.8, 4) is 23.0 Å². The Bertz CT molecular complexity index is 3070. The average Bonchev–Trinajstić information content (AvgIpc) is 1.82. The van der Waals surface area contributed by atoms with Crippen LogP contribution in [0.2, 0.25) is 0 Å². The summed E-state index contributed by atoms with van der Waals surface area (Å²) in [5.74, 6) is -1.36. The van der Waals surface area contributed by atoms with Gasteiger partial charge in [-0.05, 0) is 74.9 Å². The molecule has 476 valence electrons. The van der Waals surface area contributed by atoms with Gasteiger partial charge in [-0.25, -0.2) is 9.69 Å². The van der Waals surface area contributed by atoms with Crippen molar-refractivity contribution < 1.29 is 81.3 Å². The highest BCUT2D eigenvalue weighted by Gasteiger charge is 2.45. The molecule has 3 aromatic carbocycles. The van der Waals surface area contributed by atoms with Gasteiger partial charge in [0.15, 0.2) is 29.2 Å². The molecule has 25 nitrogen and oxygen atoms in total. The normalized spacial score (nSPS) is 17.4. The van der Waals surface area contributed by atoms with Crippen LogP contribution in [0.15, 0.2) is 89.2 Å². The molecule has 0 unspecified atom stereocenters. The highest BCUT2D eigenvalue weighted by atomic mass is 16.6. The number of hydrogen-bond acceptors (Lipinski definition) is 18. The molecular formula is C63H82N8O17. The maximum absolute atomic E-state index is 14.4. The highest BCUT2D eigenvalue weighted by Crippen LogP contribution is 2.43. The van der Waals surface area contributed by atoms with Crippen LogP contribution in [0.3, 0.4) is 0 Å². The Hall–Kier alpha value is -8.36. The van der Waals surface area contributed by atoms with Crippen LogP contribution < -0.4 is 45.1 Å². The van der Waals surface area contributed by atoms with E-state index in [0.29, 0.717) is 99.4 Å². The molecule has 0 saturated heterocycles. The SMILES string of the molecule is C/C=C/C1=CN2C(=O)c3cc(OC)c(OCCCOc4cc5c(cc4OC)C(=O)N4C=C(C)C[C@H]4C=N5)cc3N(C(=O)OCc3ccc(NC(=O)[C@H](C)NC(=O)[C@@H](NC(=O)CCOCCOCCOCCOCCNC(=O)CC)C(C)C)cc3)[C@@H](O)[C@@H]2C1. The summed E-state index contributed by atoms with van der Waals surface area (Å²) in [4.78, 5) is 102. The predicted molar refractivity (Wildman–Crippen MR) is 325 cm³/mol. The monoisotopic (exact) mass is 1220 g/mol. The van der Waals surface area contributed by atoms with Gasteiger partial charge in [-0.15, -0.1) is 0 Å². The lowest BCUT2D eigenvalue weighted by atomic mass is 10.0. The Kier molecular flexibility index (Phi) is 25.3. The van der Waals surface area contributed by atoms with E-state index in [1.807, 2.05) is 32.2 Å². The number of allylic oxidation sites excluding steroid dienone is 2. The van der Waals surface area contributed by atoms with Gasteiger partial charge in [0, 0.05) is 62.2 Å². The summed E-state index contributed by atoms with van der Waals surface area (Å²) >= 11 is 0. The van der Waals surface area contributed by atoms with Crippen LogP contribution in [-0.4, -0.2) is 180 Å². The van der Waals surface area contributed by atoms with Crippen molar-refractivity contribution in [2.24, 2.45) is 10.9 Å². The smallest absolute Gasteiger partial charge is 0.416 e. The summed E-state index contributed by atoms with van der Waals surface area (Å²) < 4.78 is 51.4.